The highest BCUT2D eigenvalue weighted by atomic mass is 32.1. The van der Waals surface area contributed by atoms with Crippen molar-refractivity contribution in [2.45, 2.75) is 64.2 Å². The van der Waals surface area contributed by atoms with Crippen LogP contribution in [0.25, 0.3) is 5.13 Å². The van der Waals surface area contributed by atoms with Gasteiger partial charge in [0.05, 0.1) is 22.6 Å². The highest BCUT2D eigenvalue weighted by molar-refractivity contribution is 7.12. The summed E-state index contributed by atoms with van der Waals surface area (Å²) in [5.74, 6) is 0.758. The molecular weight excluding hydrogens is 294 g/mol. The number of aromatic nitrogens is 3. The second-order valence-electron chi connectivity index (χ2n) is 6.50. The highest BCUT2D eigenvalue weighted by Gasteiger charge is 2.32. The van der Waals surface area contributed by atoms with E-state index in [-0.39, 0.29) is 0 Å². The standard InChI is InChI=1S/C17H21N3OS/c1-11-10-22-17(18-11)20-13-8-5-9-14(21)15(13)16(19-20)12-6-3-2-4-7-12/h10,12H,2-9H2,1H3. The number of carbonyl (C=O) groups is 1. The van der Waals surface area contributed by atoms with Crippen LogP contribution >= 0.6 is 11.3 Å². The molecule has 0 N–H and O–H groups in total. The van der Waals surface area contributed by atoms with E-state index in [1.54, 1.807) is 11.3 Å². The number of Topliss-reactive ketones (excluding diaryl/α,β-unsaturated/α-hetero) is 1. The molecule has 2 heterocycles. The molecule has 5 heteroatoms. The monoisotopic (exact) mass is 315 g/mol. The molecule has 2 aliphatic carbocycles. The molecule has 0 bridgehead atoms. The zero-order chi connectivity index (χ0) is 15.1. The summed E-state index contributed by atoms with van der Waals surface area (Å²) in [6.45, 7) is 2.00. The number of aryl methyl sites for hydroxylation is 1. The van der Waals surface area contributed by atoms with Crippen molar-refractivity contribution in [3.63, 3.8) is 0 Å². The maximum absolute atomic E-state index is 12.5. The second kappa shape index (κ2) is 5.61. The van der Waals surface area contributed by atoms with Crippen molar-refractivity contribution >= 4 is 17.1 Å². The molecule has 22 heavy (non-hydrogen) atoms. The summed E-state index contributed by atoms with van der Waals surface area (Å²) in [7, 11) is 0. The van der Waals surface area contributed by atoms with Gasteiger partial charge in [0.2, 0.25) is 5.13 Å². The Morgan fingerprint density at radius 1 is 1.18 bits per heavy atom. The zero-order valence-electron chi connectivity index (χ0n) is 13.0. The maximum Gasteiger partial charge on any atom is 0.210 e. The number of hydrogen-bond donors (Lipinski definition) is 0. The van der Waals surface area contributed by atoms with E-state index in [0.717, 1.165) is 40.6 Å². The van der Waals surface area contributed by atoms with Crippen LogP contribution in [0.5, 0.6) is 0 Å². The third-order valence-corrected chi connectivity index (χ3v) is 5.82. The van der Waals surface area contributed by atoms with Gasteiger partial charge >= 0.3 is 0 Å². The van der Waals surface area contributed by atoms with Crippen LogP contribution in [-0.4, -0.2) is 20.5 Å². The van der Waals surface area contributed by atoms with Gasteiger partial charge in [-0.25, -0.2) is 9.67 Å². The van der Waals surface area contributed by atoms with Gasteiger partial charge in [-0.2, -0.15) is 5.10 Å². The molecule has 2 aliphatic rings. The van der Waals surface area contributed by atoms with Crippen molar-refractivity contribution in [1.29, 1.82) is 0 Å². The van der Waals surface area contributed by atoms with Gasteiger partial charge in [-0.1, -0.05) is 19.3 Å². The van der Waals surface area contributed by atoms with Crippen LogP contribution in [0.15, 0.2) is 5.38 Å². The largest absolute Gasteiger partial charge is 0.294 e. The molecule has 0 aromatic carbocycles. The lowest BCUT2D eigenvalue weighted by Gasteiger charge is -2.21. The van der Waals surface area contributed by atoms with Crippen molar-refractivity contribution in [3.05, 3.63) is 28.0 Å². The van der Waals surface area contributed by atoms with E-state index in [1.165, 1.54) is 32.1 Å². The van der Waals surface area contributed by atoms with E-state index >= 15 is 0 Å². The molecule has 1 fully saturated rings. The Morgan fingerprint density at radius 2 is 2.00 bits per heavy atom. The quantitative estimate of drug-likeness (QED) is 0.834. The van der Waals surface area contributed by atoms with Crippen LogP contribution in [0.1, 0.15) is 78.3 Å². The lowest BCUT2D eigenvalue weighted by atomic mass is 9.82. The number of nitrogens with zero attached hydrogens (tertiary/aromatic N) is 3. The minimum Gasteiger partial charge on any atom is -0.294 e. The Bertz CT molecular complexity index is 710. The molecule has 2 aromatic rings. The van der Waals surface area contributed by atoms with Crippen molar-refractivity contribution in [1.82, 2.24) is 14.8 Å². The highest BCUT2D eigenvalue weighted by Crippen LogP contribution is 2.38. The van der Waals surface area contributed by atoms with Crippen LogP contribution in [0.3, 0.4) is 0 Å². The second-order valence-corrected chi connectivity index (χ2v) is 7.34. The fourth-order valence-electron chi connectivity index (χ4n) is 3.81. The fraction of sp³-hybridized carbons (Fsp3) is 0.588. The number of thiazole rings is 1. The smallest absolute Gasteiger partial charge is 0.210 e. The summed E-state index contributed by atoms with van der Waals surface area (Å²) in [6, 6.07) is 0. The predicted octanol–water partition coefficient (Wildman–Crippen LogP) is 4.20. The minimum absolute atomic E-state index is 0.293. The number of fused-ring (bicyclic) bond motifs is 1. The summed E-state index contributed by atoms with van der Waals surface area (Å²) in [5.41, 5.74) is 4.12. The van der Waals surface area contributed by atoms with Gasteiger partial charge in [-0.3, -0.25) is 4.79 Å². The van der Waals surface area contributed by atoms with Crippen LogP contribution in [0.4, 0.5) is 0 Å². The first-order valence-electron chi connectivity index (χ1n) is 8.31. The number of carbonyl (C=O) groups excluding carboxylic acids is 1. The van der Waals surface area contributed by atoms with E-state index in [1.807, 2.05) is 17.0 Å². The number of rotatable bonds is 2. The van der Waals surface area contributed by atoms with E-state index in [9.17, 15) is 4.79 Å². The molecule has 0 atom stereocenters. The van der Waals surface area contributed by atoms with E-state index in [2.05, 4.69) is 4.98 Å². The SMILES string of the molecule is Cc1csc(-n2nc(C3CCCCC3)c3c2CCCC3=O)n1. The van der Waals surface area contributed by atoms with Gasteiger partial charge in [0.25, 0.3) is 0 Å². The summed E-state index contributed by atoms with van der Waals surface area (Å²) in [6.07, 6.45) is 8.74. The van der Waals surface area contributed by atoms with Crippen molar-refractivity contribution < 1.29 is 4.79 Å². The minimum atomic E-state index is 0.293. The van der Waals surface area contributed by atoms with Gasteiger partial charge in [0, 0.05) is 17.7 Å². The molecule has 0 unspecified atom stereocenters. The number of hydrogen-bond acceptors (Lipinski definition) is 4. The molecule has 0 radical (unpaired) electrons. The van der Waals surface area contributed by atoms with Crippen LogP contribution in [0, 0.1) is 6.92 Å². The Labute approximate surface area is 134 Å². The fourth-order valence-corrected chi connectivity index (χ4v) is 4.58. The molecule has 4 rings (SSSR count). The number of ketones is 1. The Hall–Kier alpha value is -1.49. The van der Waals surface area contributed by atoms with Crippen molar-refractivity contribution in [3.8, 4) is 5.13 Å². The van der Waals surface area contributed by atoms with Gasteiger partial charge in [-0.05, 0) is 32.6 Å². The molecule has 4 nitrogen and oxygen atoms in total. The first kappa shape index (κ1) is 14.1. The predicted molar refractivity (Wildman–Crippen MR) is 87.1 cm³/mol. The summed E-state index contributed by atoms with van der Waals surface area (Å²) < 4.78 is 1.97. The Kier molecular flexibility index (Phi) is 3.60. The maximum atomic E-state index is 12.5. The molecule has 0 saturated heterocycles. The summed E-state index contributed by atoms with van der Waals surface area (Å²) in [4.78, 5) is 17.1. The molecule has 2 aromatic heterocycles. The molecule has 116 valence electrons. The first-order valence-corrected chi connectivity index (χ1v) is 9.19. The molecule has 0 aliphatic heterocycles. The first-order chi connectivity index (χ1) is 10.7. The Morgan fingerprint density at radius 3 is 2.73 bits per heavy atom. The van der Waals surface area contributed by atoms with Gasteiger partial charge in [-0.15, -0.1) is 11.3 Å². The molecule has 0 spiro atoms. The van der Waals surface area contributed by atoms with E-state index in [4.69, 9.17) is 5.10 Å². The summed E-state index contributed by atoms with van der Waals surface area (Å²) >= 11 is 1.61. The van der Waals surface area contributed by atoms with E-state index in [0.29, 0.717) is 18.1 Å². The van der Waals surface area contributed by atoms with E-state index < -0.39 is 0 Å². The van der Waals surface area contributed by atoms with Crippen molar-refractivity contribution in [2.75, 3.05) is 0 Å². The third-order valence-electron chi connectivity index (χ3n) is 4.88. The van der Waals surface area contributed by atoms with Crippen LogP contribution in [-0.2, 0) is 6.42 Å². The van der Waals surface area contributed by atoms with Crippen LogP contribution in [0.2, 0.25) is 0 Å². The van der Waals surface area contributed by atoms with Gasteiger partial charge in [0.1, 0.15) is 0 Å². The molecule has 0 amide bonds. The van der Waals surface area contributed by atoms with Gasteiger partial charge < -0.3 is 0 Å². The van der Waals surface area contributed by atoms with Crippen LogP contribution < -0.4 is 0 Å². The topological polar surface area (TPSA) is 47.8 Å². The average Bonchev–Trinajstić information content (AvgIpc) is 3.13. The zero-order valence-corrected chi connectivity index (χ0v) is 13.8. The lowest BCUT2D eigenvalue weighted by molar-refractivity contribution is 0.0970. The lowest BCUT2D eigenvalue weighted by Crippen LogP contribution is -2.15. The van der Waals surface area contributed by atoms with Crippen molar-refractivity contribution in [2.24, 2.45) is 0 Å². The average molecular weight is 315 g/mol. The third kappa shape index (κ3) is 2.32. The molecular formula is C17H21N3OS. The van der Waals surface area contributed by atoms with Gasteiger partial charge in [0.15, 0.2) is 5.78 Å². The normalized spacial score (nSPS) is 19.4. The molecule has 1 saturated carbocycles. The Balaban J connectivity index is 1.84. The summed E-state index contributed by atoms with van der Waals surface area (Å²) in [5, 5.41) is 7.85.